The Labute approximate surface area is 89.2 Å². The Kier molecular flexibility index (Phi) is 4.37. The summed E-state index contributed by atoms with van der Waals surface area (Å²) < 4.78 is 15.3. The summed E-state index contributed by atoms with van der Waals surface area (Å²) in [5.41, 5.74) is 0. The molecule has 0 amide bonds. The van der Waals surface area contributed by atoms with Crippen LogP contribution in [0.3, 0.4) is 0 Å². The van der Waals surface area contributed by atoms with Gasteiger partial charge < -0.3 is 13.9 Å². The third kappa shape index (κ3) is 3.09. The zero-order valence-electron chi connectivity index (χ0n) is 9.28. The Hall–Kier alpha value is -1.29. The second-order valence-electron chi connectivity index (χ2n) is 3.21. The van der Waals surface area contributed by atoms with Gasteiger partial charge in [0.05, 0.1) is 7.11 Å². The average molecular weight is 212 g/mol. The molecule has 0 saturated heterocycles. The maximum atomic E-state index is 11.1. The molecule has 0 N–H and O–H groups in total. The number of esters is 1. The van der Waals surface area contributed by atoms with Crippen LogP contribution in [0.5, 0.6) is 0 Å². The van der Waals surface area contributed by atoms with Crippen LogP contribution in [-0.2, 0) is 9.47 Å². The number of hydrogen-bond donors (Lipinski definition) is 0. The summed E-state index contributed by atoms with van der Waals surface area (Å²) in [6.07, 6.45) is 0.817. The van der Waals surface area contributed by atoms with Crippen molar-refractivity contribution in [3.63, 3.8) is 0 Å². The van der Waals surface area contributed by atoms with Gasteiger partial charge in [0.15, 0.2) is 0 Å². The first kappa shape index (κ1) is 11.8. The average Bonchev–Trinajstić information content (AvgIpc) is 2.74. The van der Waals surface area contributed by atoms with Crippen LogP contribution >= 0.6 is 0 Å². The van der Waals surface area contributed by atoms with Crippen LogP contribution in [0.15, 0.2) is 16.5 Å². The van der Waals surface area contributed by atoms with Gasteiger partial charge in [-0.3, -0.25) is 0 Å². The molecular weight excluding hydrogens is 196 g/mol. The van der Waals surface area contributed by atoms with E-state index in [-0.39, 0.29) is 11.9 Å². The maximum Gasteiger partial charge on any atom is 0.373 e. The Morgan fingerprint density at radius 2 is 2.27 bits per heavy atom. The molecule has 1 atom stereocenters. The summed E-state index contributed by atoms with van der Waals surface area (Å²) in [5.74, 6) is 0.382. The van der Waals surface area contributed by atoms with Gasteiger partial charge >= 0.3 is 5.97 Å². The van der Waals surface area contributed by atoms with E-state index in [1.54, 1.807) is 12.1 Å². The van der Waals surface area contributed by atoms with Crippen molar-refractivity contribution >= 4 is 5.97 Å². The van der Waals surface area contributed by atoms with Gasteiger partial charge in [-0.15, -0.1) is 0 Å². The molecule has 1 aromatic rings. The largest absolute Gasteiger partial charge is 0.463 e. The molecule has 0 aromatic carbocycles. The van der Waals surface area contributed by atoms with Gasteiger partial charge in [-0.05, 0) is 25.5 Å². The van der Waals surface area contributed by atoms with E-state index < -0.39 is 5.97 Å². The molecule has 4 heteroatoms. The van der Waals surface area contributed by atoms with Gasteiger partial charge in [-0.1, -0.05) is 6.92 Å². The molecule has 84 valence electrons. The van der Waals surface area contributed by atoms with E-state index in [1.807, 2.05) is 13.8 Å². The second-order valence-corrected chi connectivity index (χ2v) is 3.21. The minimum Gasteiger partial charge on any atom is -0.463 e. The molecule has 0 bridgehead atoms. The van der Waals surface area contributed by atoms with Crippen molar-refractivity contribution < 1.29 is 18.7 Å². The lowest BCUT2D eigenvalue weighted by molar-refractivity contribution is 0.0451. The molecule has 1 rings (SSSR count). The lowest BCUT2D eigenvalue weighted by Gasteiger charge is -2.08. The van der Waals surface area contributed by atoms with E-state index in [0.717, 1.165) is 6.42 Å². The zero-order chi connectivity index (χ0) is 11.3. The maximum absolute atomic E-state index is 11.1. The topological polar surface area (TPSA) is 48.7 Å². The molecule has 0 radical (unpaired) electrons. The van der Waals surface area contributed by atoms with Crippen LogP contribution in [0.4, 0.5) is 0 Å². The molecule has 0 aliphatic carbocycles. The zero-order valence-corrected chi connectivity index (χ0v) is 9.28. The molecule has 0 aliphatic rings. The molecule has 0 saturated carbocycles. The first-order valence-electron chi connectivity index (χ1n) is 4.98. The van der Waals surface area contributed by atoms with E-state index in [1.165, 1.54) is 7.11 Å². The van der Waals surface area contributed by atoms with Gasteiger partial charge in [0.2, 0.25) is 5.76 Å². The Morgan fingerprint density at radius 3 is 2.87 bits per heavy atom. The van der Waals surface area contributed by atoms with Gasteiger partial charge in [0.25, 0.3) is 0 Å². The SMILES string of the molecule is CCCOC(C)c1ccc(C(=O)OC)o1. The normalized spacial score (nSPS) is 12.5. The standard InChI is InChI=1S/C11H16O4/c1-4-7-14-8(2)9-5-6-10(15-9)11(12)13-3/h5-6,8H,4,7H2,1-3H3. The van der Waals surface area contributed by atoms with Gasteiger partial charge in [-0.2, -0.15) is 0 Å². The minimum atomic E-state index is -0.469. The van der Waals surface area contributed by atoms with Crippen LogP contribution in [0.2, 0.25) is 0 Å². The molecule has 0 fully saturated rings. The van der Waals surface area contributed by atoms with Crippen molar-refractivity contribution in [2.75, 3.05) is 13.7 Å². The van der Waals surface area contributed by atoms with Crippen LogP contribution in [0, 0.1) is 0 Å². The van der Waals surface area contributed by atoms with Crippen molar-refractivity contribution in [2.45, 2.75) is 26.4 Å². The summed E-state index contributed by atoms with van der Waals surface area (Å²) in [5, 5.41) is 0. The van der Waals surface area contributed by atoms with E-state index in [9.17, 15) is 4.79 Å². The number of hydrogen-bond acceptors (Lipinski definition) is 4. The predicted molar refractivity (Wildman–Crippen MR) is 54.7 cm³/mol. The second kappa shape index (κ2) is 5.56. The van der Waals surface area contributed by atoms with Crippen molar-refractivity contribution in [1.29, 1.82) is 0 Å². The number of furan rings is 1. The highest BCUT2D eigenvalue weighted by molar-refractivity contribution is 5.86. The van der Waals surface area contributed by atoms with Gasteiger partial charge in [0.1, 0.15) is 11.9 Å². The summed E-state index contributed by atoms with van der Waals surface area (Å²) >= 11 is 0. The van der Waals surface area contributed by atoms with Crippen molar-refractivity contribution in [3.8, 4) is 0 Å². The van der Waals surface area contributed by atoms with Crippen LogP contribution in [0.25, 0.3) is 0 Å². The highest BCUT2D eigenvalue weighted by atomic mass is 16.5. The molecule has 1 aromatic heterocycles. The molecule has 15 heavy (non-hydrogen) atoms. The third-order valence-corrected chi connectivity index (χ3v) is 1.99. The lowest BCUT2D eigenvalue weighted by atomic mass is 10.3. The smallest absolute Gasteiger partial charge is 0.373 e. The number of ether oxygens (including phenoxy) is 2. The summed E-state index contributed by atoms with van der Waals surface area (Å²) in [6, 6.07) is 3.32. The summed E-state index contributed by atoms with van der Waals surface area (Å²) in [4.78, 5) is 11.1. The molecule has 1 heterocycles. The summed E-state index contributed by atoms with van der Waals surface area (Å²) in [6.45, 7) is 4.60. The minimum absolute atomic E-state index is 0.136. The Morgan fingerprint density at radius 1 is 1.53 bits per heavy atom. The number of rotatable bonds is 5. The number of methoxy groups -OCH3 is 1. The molecule has 0 spiro atoms. The molecular formula is C11H16O4. The fourth-order valence-electron chi connectivity index (χ4n) is 1.16. The molecule has 1 unspecified atom stereocenters. The summed E-state index contributed by atoms with van der Waals surface area (Å²) in [7, 11) is 1.32. The highest BCUT2D eigenvalue weighted by Gasteiger charge is 2.15. The van der Waals surface area contributed by atoms with Crippen molar-refractivity contribution in [3.05, 3.63) is 23.7 Å². The van der Waals surface area contributed by atoms with Crippen molar-refractivity contribution in [1.82, 2.24) is 0 Å². The number of carbonyl (C=O) groups excluding carboxylic acids is 1. The Bertz CT molecular complexity index is 316. The van der Waals surface area contributed by atoms with E-state index in [2.05, 4.69) is 4.74 Å². The predicted octanol–water partition coefficient (Wildman–Crippen LogP) is 2.55. The molecule has 0 aliphatic heterocycles. The van der Waals surface area contributed by atoms with Crippen LogP contribution < -0.4 is 0 Å². The molecule has 4 nitrogen and oxygen atoms in total. The fraction of sp³-hybridized carbons (Fsp3) is 0.545. The first-order chi connectivity index (χ1) is 7.19. The van der Waals surface area contributed by atoms with Crippen molar-refractivity contribution in [2.24, 2.45) is 0 Å². The Balaban J connectivity index is 2.62. The van der Waals surface area contributed by atoms with Crippen LogP contribution in [-0.4, -0.2) is 19.7 Å². The highest BCUT2D eigenvalue weighted by Crippen LogP contribution is 2.20. The van der Waals surface area contributed by atoms with E-state index >= 15 is 0 Å². The van der Waals surface area contributed by atoms with Crippen LogP contribution in [0.1, 0.15) is 42.7 Å². The van der Waals surface area contributed by atoms with Gasteiger partial charge in [-0.25, -0.2) is 4.79 Å². The monoisotopic (exact) mass is 212 g/mol. The quantitative estimate of drug-likeness (QED) is 0.704. The van der Waals surface area contributed by atoms with E-state index in [0.29, 0.717) is 12.4 Å². The third-order valence-electron chi connectivity index (χ3n) is 1.99. The fourth-order valence-corrected chi connectivity index (χ4v) is 1.16. The lowest BCUT2D eigenvalue weighted by Crippen LogP contribution is -2.01. The van der Waals surface area contributed by atoms with E-state index in [4.69, 9.17) is 9.15 Å². The first-order valence-corrected chi connectivity index (χ1v) is 4.98. The van der Waals surface area contributed by atoms with Gasteiger partial charge in [0, 0.05) is 6.61 Å². The number of carbonyl (C=O) groups is 1.